The van der Waals surface area contributed by atoms with Crippen molar-refractivity contribution in [3.05, 3.63) is 51.2 Å². The van der Waals surface area contributed by atoms with Gasteiger partial charge in [0.25, 0.3) is 0 Å². The minimum absolute atomic E-state index is 0.153. The predicted molar refractivity (Wildman–Crippen MR) is 76.1 cm³/mol. The Bertz CT molecular complexity index is 515. The Kier molecular flexibility index (Phi) is 4.60. The van der Waals surface area contributed by atoms with Gasteiger partial charge in [-0.15, -0.1) is 11.3 Å². The lowest BCUT2D eigenvalue weighted by atomic mass is 10.0. The summed E-state index contributed by atoms with van der Waals surface area (Å²) in [7, 11) is 0. The van der Waals surface area contributed by atoms with Crippen LogP contribution in [-0.4, -0.2) is 6.61 Å². The van der Waals surface area contributed by atoms with Crippen LogP contribution in [0.3, 0.4) is 0 Å². The molecule has 0 saturated carbocycles. The summed E-state index contributed by atoms with van der Waals surface area (Å²) >= 11 is 7.74. The fourth-order valence-corrected chi connectivity index (χ4v) is 3.07. The molecule has 2 rings (SSSR count). The summed E-state index contributed by atoms with van der Waals surface area (Å²) in [4.78, 5) is 0.992. The van der Waals surface area contributed by atoms with Crippen LogP contribution in [0.15, 0.2) is 35.7 Å². The second-order valence-corrected chi connectivity index (χ2v) is 5.06. The maximum absolute atomic E-state index is 6.17. The Hall–Kier alpha value is -1.07. The van der Waals surface area contributed by atoms with Gasteiger partial charge in [-0.25, -0.2) is 5.43 Å². The Balaban J connectivity index is 2.42. The standard InChI is InChI=1S/C13H15ClN2OS/c1-2-17-11-6-4-3-5-9(11)12(16-15)13-10(14)7-8-18-13/h3-8,12,16H,2,15H2,1H3. The highest BCUT2D eigenvalue weighted by atomic mass is 35.5. The number of para-hydroxylation sites is 1. The van der Waals surface area contributed by atoms with Crippen molar-refractivity contribution in [3.63, 3.8) is 0 Å². The summed E-state index contributed by atoms with van der Waals surface area (Å²) < 4.78 is 5.62. The van der Waals surface area contributed by atoms with Crippen LogP contribution >= 0.6 is 22.9 Å². The molecule has 0 radical (unpaired) electrons. The summed E-state index contributed by atoms with van der Waals surface area (Å²) in [6.07, 6.45) is 0. The molecule has 0 fully saturated rings. The Morgan fingerprint density at radius 2 is 2.17 bits per heavy atom. The van der Waals surface area contributed by atoms with Gasteiger partial charge in [-0.2, -0.15) is 0 Å². The molecule has 0 spiro atoms. The molecule has 18 heavy (non-hydrogen) atoms. The molecule has 1 aromatic heterocycles. The quantitative estimate of drug-likeness (QED) is 0.653. The molecule has 0 aliphatic rings. The Morgan fingerprint density at radius 3 is 2.78 bits per heavy atom. The van der Waals surface area contributed by atoms with E-state index in [0.717, 1.165) is 16.2 Å². The fourth-order valence-electron chi connectivity index (χ4n) is 1.82. The van der Waals surface area contributed by atoms with Gasteiger partial charge in [0.15, 0.2) is 0 Å². The summed E-state index contributed by atoms with van der Waals surface area (Å²) in [6, 6.07) is 9.55. The van der Waals surface area contributed by atoms with Crippen molar-refractivity contribution in [1.82, 2.24) is 5.43 Å². The number of hydrogen-bond acceptors (Lipinski definition) is 4. The molecule has 3 nitrogen and oxygen atoms in total. The minimum atomic E-state index is -0.153. The highest BCUT2D eigenvalue weighted by molar-refractivity contribution is 7.10. The van der Waals surface area contributed by atoms with Crippen LogP contribution in [-0.2, 0) is 0 Å². The van der Waals surface area contributed by atoms with E-state index in [4.69, 9.17) is 22.2 Å². The van der Waals surface area contributed by atoms with Crippen molar-refractivity contribution in [2.45, 2.75) is 13.0 Å². The van der Waals surface area contributed by atoms with Crippen molar-refractivity contribution in [1.29, 1.82) is 0 Å². The molecule has 0 aliphatic carbocycles. The van der Waals surface area contributed by atoms with Crippen LogP contribution in [0.1, 0.15) is 23.4 Å². The minimum Gasteiger partial charge on any atom is -0.494 e. The van der Waals surface area contributed by atoms with Gasteiger partial charge >= 0.3 is 0 Å². The highest BCUT2D eigenvalue weighted by Gasteiger charge is 2.20. The van der Waals surface area contributed by atoms with E-state index in [1.54, 1.807) is 11.3 Å². The van der Waals surface area contributed by atoms with Crippen LogP contribution in [0.4, 0.5) is 0 Å². The predicted octanol–water partition coefficient (Wildman–Crippen LogP) is 3.35. The van der Waals surface area contributed by atoms with Gasteiger partial charge in [0.2, 0.25) is 0 Å². The number of hydrazine groups is 1. The van der Waals surface area contributed by atoms with Gasteiger partial charge < -0.3 is 4.74 Å². The van der Waals surface area contributed by atoms with Gasteiger partial charge in [-0.3, -0.25) is 5.84 Å². The number of ether oxygens (including phenoxy) is 1. The zero-order chi connectivity index (χ0) is 13.0. The van der Waals surface area contributed by atoms with E-state index < -0.39 is 0 Å². The number of nitrogens with two attached hydrogens (primary N) is 1. The molecule has 2 aromatic rings. The lowest BCUT2D eigenvalue weighted by Crippen LogP contribution is -2.28. The molecule has 1 aromatic carbocycles. The molecule has 1 unspecified atom stereocenters. The summed E-state index contributed by atoms with van der Waals surface area (Å²) in [6.45, 7) is 2.58. The lowest BCUT2D eigenvalue weighted by Gasteiger charge is -2.19. The third-order valence-electron chi connectivity index (χ3n) is 2.60. The van der Waals surface area contributed by atoms with E-state index in [0.29, 0.717) is 11.6 Å². The highest BCUT2D eigenvalue weighted by Crippen LogP contribution is 2.36. The molecular weight excluding hydrogens is 268 g/mol. The van der Waals surface area contributed by atoms with Crippen molar-refractivity contribution in [2.75, 3.05) is 6.61 Å². The topological polar surface area (TPSA) is 47.3 Å². The van der Waals surface area contributed by atoms with E-state index in [2.05, 4.69) is 5.43 Å². The maximum Gasteiger partial charge on any atom is 0.124 e. The van der Waals surface area contributed by atoms with Crippen molar-refractivity contribution in [3.8, 4) is 5.75 Å². The average molecular weight is 283 g/mol. The molecule has 3 N–H and O–H groups in total. The molecule has 1 heterocycles. The van der Waals surface area contributed by atoms with Gasteiger partial charge in [0.1, 0.15) is 5.75 Å². The second kappa shape index (κ2) is 6.20. The van der Waals surface area contributed by atoms with Crippen molar-refractivity contribution < 1.29 is 4.74 Å². The summed E-state index contributed by atoms with van der Waals surface area (Å²) in [5.41, 5.74) is 3.80. The first kappa shape index (κ1) is 13.4. The number of hydrogen-bond donors (Lipinski definition) is 2. The summed E-state index contributed by atoms with van der Waals surface area (Å²) in [5, 5.41) is 2.67. The first-order chi connectivity index (χ1) is 8.77. The number of halogens is 1. The normalized spacial score (nSPS) is 12.4. The van der Waals surface area contributed by atoms with Crippen LogP contribution < -0.4 is 16.0 Å². The monoisotopic (exact) mass is 282 g/mol. The zero-order valence-electron chi connectivity index (χ0n) is 10.0. The first-order valence-electron chi connectivity index (χ1n) is 5.68. The fraction of sp³-hybridized carbons (Fsp3) is 0.231. The van der Waals surface area contributed by atoms with E-state index in [9.17, 15) is 0 Å². The van der Waals surface area contributed by atoms with Gasteiger partial charge in [-0.05, 0) is 24.4 Å². The number of rotatable bonds is 5. The lowest BCUT2D eigenvalue weighted by molar-refractivity contribution is 0.334. The molecule has 1 atom stereocenters. The van der Waals surface area contributed by atoms with Crippen LogP contribution in [0.5, 0.6) is 5.75 Å². The largest absolute Gasteiger partial charge is 0.494 e. The van der Waals surface area contributed by atoms with E-state index in [1.165, 1.54) is 0 Å². The Morgan fingerprint density at radius 1 is 1.39 bits per heavy atom. The third kappa shape index (κ3) is 2.67. The molecule has 96 valence electrons. The third-order valence-corrected chi connectivity index (χ3v) is 4.03. The molecule has 0 saturated heterocycles. The Labute approximate surface area is 116 Å². The molecule has 0 aliphatic heterocycles. The summed E-state index contributed by atoms with van der Waals surface area (Å²) in [5.74, 6) is 6.50. The van der Waals surface area contributed by atoms with Gasteiger partial charge in [-0.1, -0.05) is 29.8 Å². The maximum atomic E-state index is 6.17. The van der Waals surface area contributed by atoms with E-state index in [1.807, 2.05) is 42.6 Å². The SMILES string of the molecule is CCOc1ccccc1C(NN)c1sccc1Cl. The molecular formula is C13H15ClN2OS. The number of nitrogens with one attached hydrogen (secondary N) is 1. The van der Waals surface area contributed by atoms with Crippen LogP contribution in [0, 0.1) is 0 Å². The molecule has 0 bridgehead atoms. The molecule has 0 amide bonds. The van der Waals surface area contributed by atoms with Crippen molar-refractivity contribution in [2.24, 2.45) is 5.84 Å². The van der Waals surface area contributed by atoms with Crippen LogP contribution in [0.2, 0.25) is 5.02 Å². The van der Waals surface area contributed by atoms with Gasteiger partial charge in [0, 0.05) is 10.4 Å². The van der Waals surface area contributed by atoms with Crippen LogP contribution in [0.25, 0.3) is 0 Å². The smallest absolute Gasteiger partial charge is 0.124 e. The zero-order valence-corrected chi connectivity index (χ0v) is 11.6. The number of thiophene rings is 1. The van der Waals surface area contributed by atoms with Gasteiger partial charge in [0.05, 0.1) is 17.7 Å². The average Bonchev–Trinajstić information content (AvgIpc) is 2.79. The van der Waals surface area contributed by atoms with E-state index in [-0.39, 0.29) is 6.04 Å². The van der Waals surface area contributed by atoms with E-state index >= 15 is 0 Å². The second-order valence-electron chi connectivity index (χ2n) is 3.70. The first-order valence-corrected chi connectivity index (χ1v) is 6.94. The number of benzene rings is 1. The molecule has 5 heteroatoms. The van der Waals surface area contributed by atoms with Crippen molar-refractivity contribution >= 4 is 22.9 Å².